The Balaban J connectivity index is 1.45. The van der Waals surface area contributed by atoms with Crippen LogP contribution >= 0.6 is 0 Å². The van der Waals surface area contributed by atoms with Gasteiger partial charge >= 0.3 is 5.63 Å². The molecule has 0 radical (unpaired) electrons. The van der Waals surface area contributed by atoms with E-state index in [1.807, 2.05) is 22.5 Å². The van der Waals surface area contributed by atoms with Crippen LogP contribution in [0.5, 0.6) is 11.5 Å². The Labute approximate surface area is 190 Å². The van der Waals surface area contributed by atoms with Crippen molar-refractivity contribution in [1.29, 1.82) is 0 Å². The minimum atomic E-state index is -0.530. The van der Waals surface area contributed by atoms with E-state index in [1.54, 1.807) is 31.4 Å². The molecule has 33 heavy (non-hydrogen) atoms. The number of fused-ring (bicyclic) bond motifs is 5. The van der Waals surface area contributed by atoms with Crippen molar-refractivity contribution in [3.8, 4) is 11.5 Å². The Morgan fingerprint density at radius 1 is 1.12 bits per heavy atom. The van der Waals surface area contributed by atoms with Gasteiger partial charge in [0, 0.05) is 49.4 Å². The third kappa shape index (κ3) is 3.59. The van der Waals surface area contributed by atoms with E-state index < -0.39 is 5.63 Å². The number of benzene rings is 1. The number of piperidine rings is 1. The molecule has 4 heterocycles. The van der Waals surface area contributed by atoms with Crippen molar-refractivity contribution in [2.75, 3.05) is 27.3 Å². The van der Waals surface area contributed by atoms with Gasteiger partial charge in [-0.1, -0.05) is 6.07 Å². The summed E-state index contributed by atoms with van der Waals surface area (Å²) in [6.45, 7) is 3.54. The molecule has 3 aromatic rings. The number of aromatic nitrogens is 1. The molecule has 1 amide bonds. The highest BCUT2D eigenvalue weighted by molar-refractivity contribution is 5.90. The number of methoxy groups -OCH3 is 2. The molecule has 0 N–H and O–H groups in total. The highest BCUT2D eigenvalue weighted by Crippen LogP contribution is 2.36. The highest BCUT2D eigenvalue weighted by Gasteiger charge is 2.36. The molecule has 5 rings (SSSR count). The lowest BCUT2D eigenvalue weighted by Gasteiger charge is -2.42. The minimum Gasteiger partial charge on any atom is -0.496 e. The van der Waals surface area contributed by atoms with Crippen LogP contribution in [0.25, 0.3) is 11.0 Å². The first-order chi connectivity index (χ1) is 15.9. The molecular weight excluding hydrogens is 424 g/mol. The second-order valence-corrected chi connectivity index (χ2v) is 8.87. The van der Waals surface area contributed by atoms with Gasteiger partial charge in [-0.15, -0.1) is 0 Å². The van der Waals surface area contributed by atoms with Crippen LogP contribution in [0.3, 0.4) is 0 Å². The second kappa shape index (κ2) is 8.10. The number of likely N-dealkylation sites (tertiary alicyclic amines) is 1. The molecule has 1 aromatic carbocycles. The lowest BCUT2D eigenvalue weighted by Crippen LogP contribution is -2.49. The summed E-state index contributed by atoms with van der Waals surface area (Å²) in [6.07, 6.45) is 0.920. The zero-order valence-corrected chi connectivity index (χ0v) is 18.9. The molecule has 0 spiro atoms. The van der Waals surface area contributed by atoms with Gasteiger partial charge in [0.2, 0.25) is 5.91 Å². The standard InChI is InChI=1S/C25H26N2O6/c1-14-18(25(30)33-21-9-17(31-2)8-20(32-3)24(14)21)10-23(29)26-11-15-7-16(13-26)19-5-4-6-22(28)27(19)12-15/h4-6,8-9,15-16H,7,10-13H2,1-3H3/t15-,16+/m1/s1. The predicted octanol–water partition coefficient (Wildman–Crippen LogP) is 2.47. The van der Waals surface area contributed by atoms with Crippen molar-refractivity contribution in [2.45, 2.75) is 32.2 Å². The van der Waals surface area contributed by atoms with Gasteiger partial charge in [0.1, 0.15) is 17.1 Å². The number of ether oxygens (including phenoxy) is 2. The Bertz CT molecular complexity index is 1370. The van der Waals surface area contributed by atoms with Gasteiger partial charge < -0.3 is 23.4 Å². The lowest BCUT2D eigenvalue weighted by atomic mass is 9.83. The van der Waals surface area contributed by atoms with Crippen molar-refractivity contribution in [3.63, 3.8) is 0 Å². The zero-order valence-electron chi connectivity index (χ0n) is 18.9. The van der Waals surface area contributed by atoms with Gasteiger partial charge in [-0.3, -0.25) is 9.59 Å². The van der Waals surface area contributed by atoms with Crippen molar-refractivity contribution in [2.24, 2.45) is 5.92 Å². The Morgan fingerprint density at radius 2 is 1.94 bits per heavy atom. The van der Waals surface area contributed by atoms with E-state index in [4.69, 9.17) is 13.9 Å². The van der Waals surface area contributed by atoms with Crippen molar-refractivity contribution in [1.82, 2.24) is 9.47 Å². The number of carbonyl (C=O) groups excluding carboxylic acids is 1. The molecule has 2 bridgehead atoms. The van der Waals surface area contributed by atoms with Crippen molar-refractivity contribution < 1.29 is 18.7 Å². The molecule has 0 unspecified atom stereocenters. The van der Waals surface area contributed by atoms with Gasteiger partial charge in [0.15, 0.2) is 0 Å². The van der Waals surface area contributed by atoms with Crippen LogP contribution in [0.1, 0.15) is 29.2 Å². The van der Waals surface area contributed by atoms with E-state index in [1.165, 1.54) is 7.11 Å². The third-order valence-corrected chi connectivity index (χ3v) is 6.93. The maximum atomic E-state index is 13.3. The summed E-state index contributed by atoms with van der Waals surface area (Å²) >= 11 is 0. The predicted molar refractivity (Wildman–Crippen MR) is 122 cm³/mol. The third-order valence-electron chi connectivity index (χ3n) is 6.93. The van der Waals surface area contributed by atoms with E-state index in [9.17, 15) is 14.4 Å². The molecule has 0 saturated carbocycles. The second-order valence-electron chi connectivity index (χ2n) is 8.87. The Kier molecular flexibility index (Phi) is 5.23. The van der Waals surface area contributed by atoms with Crippen LogP contribution in [-0.4, -0.2) is 42.7 Å². The number of amides is 1. The largest absolute Gasteiger partial charge is 0.496 e. The topological polar surface area (TPSA) is 91.0 Å². The lowest BCUT2D eigenvalue weighted by molar-refractivity contribution is -0.133. The first-order valence-electron chi connectivity index (χ1n) is 11.1. The molecule has 172 valence electrons. The molecule has 0 aliphatic carbocycles. The van der Waals surface area contributed by atoms with E-state index in [0.717, 1.165) is 12.1 Å². The van der Waals surface area contributed by atoms with Crippen molar-refractivity contribution in [3.05, 3.63) is 67.9 Å². The molecule has 2 aliphatic rings. The zero-order chi connectivity index (χ0) is 23.3. The van der Waals surface area contributed by atoms with Crippen LogP contribution < -0.4 is 20.7 Å². The number of nitrogens with zero attached hydrogens (tertiary/aromatic N) is 2. The summed E-state index contributed by atoms with van der Waals surface area (Å²) < 4.78 is 18.2. The molecule has 2 aliphatic heterocycles. The summed E-state index contributed by atoms with van der Waals surface area (Å²) in [5.41, 5.74) is 1.83. The fraction of sp³-hybridized carbons (Fsp3) is 0.400. The van der Waals surface area contributed by atoms with Crippen LogP contribution in [-0.2, 0) is 17.8 Å². The van der Waals surface area contributed by atoms with Crippen LogP contribution in [0.2, 0.25) is 0 Å². The van der Waals surface area contributed by atoms with Crippen LogP contribution in [0, 0.1) is 12.8 Å². The fourth-order valence-electron chi connectivity index (χ4n) is 5.33. The van der Waals surface area contributed by atoms with Crippen molar-refractivity contribution >= 4 is 16.9 Å². The number of aryl methyl sites for hydroxylation is 1. The monoisotopic (exact) mass is 450 g/mol. The van der Waals surface area contributed by atoms with E-state index in [0.29, 0.717) is 53.2 Å². The van der Waals surface area contributed by atoms with Crippen LogP contribution in [0.15, 0.2) is 44.3 Å². The Hall–Kier alpha value is -3.55. The molecule has 2 atom stereocenters. The van der Waals surface area contributed by atoms with Gasteiger partial charge in [0.05, 0.1) is 31.6 Å². The summed E-state index contributed by atoms with van der Waals surface area (Å²) in [7, 11) is 3.07. The summed E-state index contributed by atoms with van der Waals surface area (Å²) in [4.78, 5) is 40.2. The summed E-state index contributed by atoms with van der Waals surface area (Å²) in [6, 6.07) is 8.70. The Morgan fingerprint density at radius 3 is 2.70 bits per heavy atom. The first-order valence-corrected chi connectivity index (χ1v) is 11.1. The molecule has 2 aromatic heterocycles. The summed E-state index contributed by atoms with van der Waals surface area (Å²) in [5.74, 6) is 1.27. The normalized spacial score (nSPS) is 19.3. The molecule has 8 nitrogen and oxygen atoms in total. The van der Waals surface area contributed by atoms with Gasteiger partial charge in [-0.2, -0.15) is 0 Å². The van der Waals surface area contributed by atoms with E-state index in [2.05, 4.69) is 0 Å². The number of hydrogen-bond donors (Lipinski definition) is 0. The number of rotatable bonds is 4. The first kappa shape index (κ1) is 21.3. The molecule has 8 heteroatoms. The smallest absolute Gasteiger partial charge is 0.340 e. The maximum absolute atomic E-state index is 13.3. The van der Waals surface area contributed by atoms with E-state index >= 15 is 0 Å². The minimum absolute atomic E-state index is 0.0111. The average molecular weight is 450 g/mol. The molecule has 1 saturated heterocycles. The average Bonchev–Trinajstić information content (AvgIpc) is 2.81. The molecular formula is C25H26N2O6. The number of pyridine rings is 1. The molecule has 1 fully saturated rings. The van der Waals surface area contributed by atoms with Gasteiger partial charge in [0.25, 0.3) is 5.56 Å². The van der Waals surface area contributed by atoms with Gasteiger partial charge in [-0.05, 0) is 30.9 Å². The summed E-state index contributed by atoms with van der Waals surface area (Å²) in [5, 5.41) is 0.657. The van der Waals surface area contributed by atoms with Gasteiger partial charge in [-0.25, -0.2) is 4.79 Å². The van der Waals surface area contributed by atoms with Crippen LogP contribution in [0.4, 0.5) is 0 Å². The van der Waals surface area contributed by atoms with E-state index in [-0.39, 0.29) is 29.7 Å². The maximum Gasteiger partial charge on any atom is 0.340 e. The highest BCUT2D eigenvalue weighted by atomic mass is 16.5. The SMILES string of the molecule is COc1cc(OC)c2c(C)c(CC(=O)N3C[C@H]4C[C@@H](C3)c3cccc(=O)n3C4)c(=O)oc2c1. The number of carbonyl (C=O) groups is 1. The number of hydrogen-bond acceptors (Lipinski definition) is 6. The fourth-order valence-corrected chi connectivity index (χ4v) is 5.33. The quantitative estimate of drug-likeness (QED) is 0.567.